The Bertz CT molecular complexity index is 696. The molecule has 0 aliphatic heterocycles. The molecule has 1 atom stereocenters. The highest BCUT2D eigenvalue weighted by atomic mass is 32.2. The van der Waals surface area contributed by atoms with E-state index in [-0.39, 0.29) is 22.9 Å². The standard InChI is InChI=1S/C16H22N2O5S/c1-4-9-17-24(22,23)13-7-5-12(6-8-13)15(19)18-14(16(20)21)10-11(2)3/h4-8,11,14,17H,1,9-10H2,2-3H3,(H,18,19)(H,20,21)/t14-/m1/s1. The number of hydrogen-bond acceptors (Lipinski definition) is 4. The van der Waals surface area contributed by atoms with Crippen molar-refractivity contribution in [2.24, 2.45) is 5.92 Å². The van der Waals surface area contributed by atoms with Crippen molar-refractivity contribution in [3.8, 4) is 0 Å². The number of amides is 1. The summed E-state index contributed by atoms with van der Waals surface area (Å²) in [7, 11) is -3.66. The first kappa shape index (κ1) is 19.9. The maximum atomic E-state index is 12.1. The van der Waals surface area contributed by atoms with E-state index in [0.29, 0.717) is 6.42 Å². The van der Waals surface area contributed by atoms with Crippen LogP contribution in [-0.4, -0.2) is 38.0 Å². The summed E-state index contributed by atoms with van der Waals surface area (Å²) in [4.78, 5) is 23.3. The van der Waals surface area contributed by atoms with E-state index >= 15 is 0 Å². The minimum atomic E-state index is -3.66. The molecule has 1 aromatic rings. The van der Waals surface area contributed by atoms with Gasteiger partial charge in [0.05, 0.1) is 4.90 Å². The fourth-order valence-electron chi connectivity index (χ4n) is 1.97. The molecule has 24 heavy (non-hydrogen) atoms. The van der Waals surface area contributed by atoms with Gasteiger partial charge in [0.1, 0.15) is 6.04 Å². The molecule has 8 heteroatoms. The summed E-state index contributed by atoms with van der Waals surface area (Å²) < 4.78 is 26.2. The largest absolute Gasteiger partial charge is 0.480 e. The van der Waals surface area contributed by atoms with Crippen molar-refractivity contribution in [1.82, 2.24) is 10.0 Å². The van der Waals surface area contributed by atoms with Gasteiger partial charge >= 0.3 is 5.97 Å². The first-order valence-electron chi connectivity index (χ1n) is 7.41. The molecule has 3 N–H and O–H groups in total. The zero-order valence-corrected chi connectivity index (χ0v) is 14.5. The molecule has 0 heterocycles. The average Bonchev–Trinajstić information content (AvgIpc) is 2.52. The van der Waals surface area contributed by atoms with Crippen LogP contribution < -0.4 is 10.0 Å². The van der Waals surface area contributed by atoms with Crippen LogP contribution >= 0.6 is 0 Å². The number of benzene rings is 1. The number of aliphatic carboxylic acids is 1. The van der Waals surface area contributed by atoms with E-state index in [9.17, 15) is 18.0 Å². The molecule has 0 fully saturated rings. The molecule has 0 bridgehead atoms. The predicted octanol–water partition coefficient (Wildman–Crippen LogP) is 1.38. The van der Waals surface area contributed by atoms with Gasteiger partial charge in [-0.2, -0.15) is 0 Å². The second kappa shape index (κ2) is 8.60. The Morgan fingerprint density at radius 3 is 2.29 bits per heavy atom. The molecule has 7 nitrogen and oxygen atoms in total. The first-order chi connectivity index (χ1) is 11.2. The number of hydrogen-bond donors (Lipinski definition) is 3. The van der Waals surface area contributed by atoms with Crippen molar-refractivity contribution < 1.29 is 23.1 Å². The van der Waals surface area contributed by atoms with Gasteiger partial charge in [-0.1, -0.05) is 19.9 Å². The molecule has 0 saturated carbocycles. The Hall–Kier alpha value is -2.19. The molecule has 1 aromatic carbocycles. The van der Waals surface area contributed by atoms with Crippen LogP contribution in [0.4, 0.5) is 0 Å². The summed E-state index contributed by atoms with van der Waals surface area (Å²) >= 11 is 0. The summed E-state index contributed by atoms with van der Waals surface area (Å²) in [6.07, 6.45) is 1.72. The van der Waals surface area contributed by atoms with Crippen molar-refractivity contribution in [3.05, 3.63) is 42.5 Å². The van der Waals surface area contributed by atoms with Crippen LogP contribution in [-0.2, 0) is 14.8 Å². The molecule has 1 amide bonds. The van der Waals surface area contributed by atoms with Crippen LogP contribution in [0.1, 0.15) is 30.6 Å². The van der Waals surface area contributed by atoms with E-state index in [0.717, 1.165) is 0 Å². The molecule has 0 aromatic heterocycles. The number of carbonyl (C=O) groups excluding carboxylic acids is 1. The van der Waals surface area contributed by atoms with Crippen LogP contribution in [0, 0.1) is 5.92 Å². The number of carbonyl (C=O) groups is 2. The van der Waals surface area contributed by atoms with Crippen molar-refractivity contribution in [2.75, 3.05) is 6.54 Å². The van der Waals surface area contributed by atoms with Crippen LogP contribution in [0.15, 0.2) is 41.8 Å². The Labute approximate surface area is 141 Å². The Kier molecular flexibility index (Phi) is 7.12. The fraction of sp³-hybridized carbons (Fsp3) is 0.375. The zero-order valence-electron chi connectivity index (χ0n) is 13.7. The minimum absolute atomic E-state index is 0.0119. The molecule has 1 rings (SSSR count). The number of rotatable bonds is 9. The van der Waals surface area contributed by atoms with Gasteiger partial charge in [-0.05, 0) is 36.6 Å². The van der Waals surface area contributed by atoms with Crippen LogP contribution in [0.25, 0.3) is 0 Å². The van der Waals surface area contributed by atoms with E-state index < -0.39 is 27.9 Å². The highest BCUT2D eigenvalue weighted by Crippen LogP contribution is 2.12. The van der Waals surface area contributed by atoms with Gasteiger partial charge in [-0.3, -0.25) is 4.79 Å². The molecule has 0 radical (unpaired) electrons. The van der Waals surface area contributed by atoms with Crippen LogP contribution in [0.5, 0.6) is 0 Å². The molecule has 0 saturated heterocycles. The number of carboxylic acid groups (broad SMARTS) is 1. The van der Waals surface area contributed by atoms with Gasteiger partial charge in [0, 0.05) is 12.1 Å². The summed E-state index contributed by atoms with van der Waals surface area (Å²) in [6.45, 7) is 7.24. The van der Waals surface area contributed by atoms with Crippen LogP contribution in [0.2, 0.25) is 0 Å². The molecule has 0 spiro atoms. The van der Waals surface area contributed by atoms with Gasteiger partial charge < -0.3 is 10.4 Å². The third kappa shape index (κ3) is 5.78. The summed E-state index contributed by atoms with van der Waals surface area (Å²) in [5, 5.41) is 11.6. The second-order valence-corrected chi connectivity index (χ2v) is 7.43. The normalized spacial score (nSPS) is 12.6. The molecule has 0 unspecified atom stereocenters. The van der Waals surface area contributed by atoms with E-state index in [1.807, 2.05) is 13.8 Å². The number of sulfonamides is 1. The Balaban J connectivity index is 2.86. The maximum absolute atomic E-state index is 12.1. The average molecular weight is 354 g/mol. The lowest BCUT2D eigenvalue weighted by Crippen LogP contribution is -2.41. The molecular weight excluding hydrogens is 332 g/mol. The van der Waals surface area contributed by atoms with Gasteiger partial charge in [-0.15, -0.1) is 6.58 Å². The van der Waals surface area contributed by atoms with Crippen molar-refractivity contribution >= 4 is 21.9 Å². The van der Waals surface area contributed by atoms with Crippen molar-refractivity contribution in [1.29, 1.82) is 0 Å². The SMILES string of the molecule is C=CCNS(=O)(=O)c1ccc(C(=O)N[C@H](CC(C)C)C(=O)O)cc1. The third-order valence-corrected chi connectivity index (χ3v) is 4.59. The quantitative estimate of drug-likeness (QED) is 0.580. The Morgan fingerprint density at radius 1 is 1.25 bits per heavy atom. The zero-order chi connectivity index (χ0) is 18.3. The van der Waals surface area contributed by atoms with Crippen molar-refractivity contribution in [3.63, 3.8) is 0 Å². The maximum Gasteiger partial charge on any atom is 0.326 e. The lowest BCUT2D eigenvalue weighted by atomic mass is 10.0. The third-order valence-electron chi connectivity index (χ3n) is 3.16. The van der Waals surface area contributed by atoms with E-state index in [2.05, 4.69) is 16.6 Å². The molecular formula is C16H22N2O5S. The molecule has 0 aliphatic carbocycles. The highest BCUT2D eigenvalue weighted by molar-refractivity contribution is 7.89. The van der Waals surface area contributed by atoms with Gasteiger partial charge in [0.15, 0.2) is 0 Å². The number of carboxylic acids is 1. The highest BCUT2D eigenvalue weighted by Gasteiger charge is 2.22. The van der Waals surface area contributed by atoms with Crippen LogP contribution in [0.3, 0.4) is 0 Å². The van der Waals surface area contributed by atoms with E-state index in [1.54, 1.807) is 0 Å². The lowest BCUT2D eigenvalue weighted by Gasteiger charge is -2.16. The van der Waals surface area contributed by atoms with E-state index in [4.69, 9.17) is 5.11 Å². The van der Waals surface area contributed by atoms with E-state index in [1.165, 1.54) is 30.3 Å². The monoisotopic (exact) mass is 354 g/mol. The van der Waals surface area contributed by atoms with Crippen molar-refractivity contribution in [2.45, 2.75) is 31.2 Å². The predicted molar refractivity (Wildman–Crippen MR) is 90.2 cm³/mol. The topological polar surface area (TPSA) is 113 Å². The summed E-state index contributed by atoms with van der Waals surface area (Å²) in [5.41, 5.74) is 0.188. The molecule has 132 valence electrons. The Morgan fingerprint density at radius 2 is 1.83 bits per heavy atom. The van der Waals surface area contributed by atoms with Gasteiger partial charge in [-0.25, -0.2) is 17.9 Å². The number of nitrogens with one attached hydrogen (secondary N) is 2. The van der Waals surface area contributed by atoms with Gasteiger partial charge in [0.2, 0.25) is 10.0 Å². The minimum Gasteiger partial charge on any atom is -0.480 e. The smallest absolute Gasteiger partial charge is 0.326 e. The lowest BCUT2D eigenvalue weighted by molar-refractivity contribution is -0.139. The fourth-order valence-corrected chi connectivity index (χ4v) is 2.97. The summed E-state index contributed by atoms with van der Waals surface area (Å²) in [5.74, 6) is -1.56. The second-order valence-electron chi connectivity index (χ2n) is 5.66. The first-order valence-corrected chi connectivity index (χ1v) is 8.90. The molecule has 0 aliphatic rings. The summed E-state index contributed by atoms with van der Waals surface area (Å²) in [6, 6.07) is 4.27. The van der Waals surface area contributed by atoms with Gasteiger partial charge in [0.25, 0.3) is 5.91 Å².